The molecule has 0 saturated heterocycles. The molecule has 0 spiro atoms. The summed E-state index contributed by atoms with van der Waals surface area (Å²) in [4.78, 5) is 23.4. The summed E-state index contributed by atoms with van der Waals surface area (Å²) >= 11 is 0. The Hall–Kier alpha value is -2.89. The number of benzene rings is 1. The van der Waals surface area contributed by atoms with Crippen LogP contribution >= 0.6 is 0 Å². The highest BCUT2D eigenvalue weighted by atomic mass is 16.5. The topological polar surface area (TPSA) is 76.7 Å². The second kappa shape index (κ2) is 6.71. The lowest BCUT2D eigenvalue weighted by atomic mass is 10.1. The zero-order valence-electron chi connectivity index (χ0n) is 12.3. The van der Waals surface area contributed by atoms with Gasteiger partial charge in [0.25, 0.3) is 0 Å². The molecule has 0 radical (unpaired) electrons. The maximum Gasteiger partial charge on any atom is 0.341 e. The van der Waals surface area contributed by atoms with Gasteiger partial charge in [0.05, 0.1) is 19.8 Å². The second-order valence-corrected chi connectivity index (χ2v) is 4.56. The number of hydrogen-bond donors (Lipinski definition) is 1. The number of Topliss-reactive ketones (excluding diaryl/α,β-unsaturated/α-hetero) is 1. The summed E-state index contributed by atoms with van der Waals surface area (Å²) in [6, 6.07) is 8.01. The van der Waals surface area contributed by atoms with E-state index in [4.69, 9.17) is 14.6 Å². The Bertz CT molecular complexity index is 711. The van der Waals surface area contributed by atoms with E-state index in [1.54, 1.807) is 30.5 Å². The van der Waals surface area contributed by atoms with Crippen LogP contribution in [-0.4, -0.2) is 31.1 Å². The molecule has 1 aromatic heterocycles. The molecule has 0 amide bonds. The van der Waals surface area contributed by atoms with Gasteiger partial charge < -0.3 is 14.6 Å². The molecule has 6 nitrogen and oxygen atoms in total. The Kier molecular flexibility index (Phi) is 4.73. The summed E-state index contributed by atoms with van der Waals surface area (Å²) in [5.74, 6) is -0.252. The van der Waals surface area contributed by atoms with Crippen molar-refractivity contribution >= 4 is 11.8 Å². The van der Waals surface area contributed by atoms with Gasteiger partial charge in [-0.3, -0.25) is 4.79 Å². The number of ketones is 1. The fraction of sp³-hybridized carbons (Fsp3) is 0.188. The summed E-state index contributed by atoms with van der Waals surface area (Å²) < 4.78 is 11.8. The van der Waals surface area contributed by atoms with E-state index in [1.165, 1.54) is 31.0 Å². The van der Waals surface area contributed by atoms with Crippen molar-refractivity contribution < 1.29 is 28.7 Å². The van der Waals surface area contributed by atoms with Gasteiger partial charge in [-0.25, -0.2) is 4.79 Å². The second-order valence-electron chi connectivity index (χ2n) is 4.56. The lowest BCUT2D eigenvalue weighted by Crippen LogP contribution is -2.38. The van der Waals surface area contributed by atoms with Crippen LogP contribution in [0.15, 0.2) is 42.7 Å². The number of pyridine rings is 1. The minimum absolute atomic E-state index is 0.00461. The molecule has 6 heteroatoms. The Labute approximate surface area is 127 Å². The highest BCUT2D eigenvalue weighted by Crippen LogP contribution is 2.24. The molecule has 0 saturated carbocycles. The molecule has 0 aliphatic carbocycles. The van der Waals surface area contributed by atoms with Crippen LogP contribution in [0.2, 0.25) is 0 Å². The van der Waals surface area contributed by atoms with Crippen molar-refractivity contribution in [3.8, 4) is 11.5 Å². The average Bonchev–Trinajstić information content (AvgIpc) is 2.54. The molecular formula is C16H16NO5+. The van der Waals surface area contributed by atoms with Crippen molar-refractivity contribution in [2.75, 3.05) is 14.2 Å². The van der Waals surface area contributed by atoms with Crippen LogP contribution in [0, 0.1) is 0 Å². The van der Waals surface area contributed by atoms with Crippen molar-refractivity contribution in [1.82, 2.24) is 0 Å². The van der Waals surface area contributed by atoms with E-state index in [1.807, 2.05) is 0 Å². The maximum atomic E-state index is 12.4. The third kappa shape index (κ3) is 3.41. The Morgan fingerprint density at radius 3 is 2.59 bits per heavy atom. The first-order chi connectivity index (χ1) is 10.5. The number of hydrogen-bond acceptors (Lipinski definition) is 4. The number of aromatic nitrogens is 1. The number of carbonyl (C=O) groups excluding carboxylic acids is 1. The van der Waals surface area contributed by atoms with Crippen LogP contribution in [-0.2, 0) is 6.54 Å². The normalized spacial score (nSPS) is 10.1. The third-order valence-electron chi connectivity index (χ3n) is 3.14. The molecule has 0 fully saturated rings. The summed E-state index contributed by atoms with van der Waals surface area (Å²) in [5.41, 5.74) is 0.503. The van der Waals surface area contributed by atoms with Crippen molar-refractivity contribution in [3.05, 3.63) is 53.9 Å². The number of methoxy groups -OCH3 is 2. The van der Waals surface area contributed by atoms with Crippen molar-refractivity contribution in [3.63, 3.8) is 0 Å². The summed E-state index contributed by atoms with van der Waals surface area (Å²) in [5, 5.41) is 8.98. The predicted molar refractivity (Wildman–Crippen MR) is 77.5 cm³/mol. The predicted octanol–water partition coefficient (Wildman–Crippen LogP) is 1.57. The smallest absolute Gasteiger partial charge is 0.341 e. The van der Waals surface area contributed by atoms with Crippen molar-refractivity contribution in [2.45, 2.75) is 6.54 Å². The van der Waals surface area contributed by atoms with Crippen LogP contribution in [0.3, 0.4) is 0 Å². The highest BCUT2D eigenvalue weighted by Gasteiger charge is 2.19. The Balaban J connectivity index is 2.29. The molecule has 1 heterocycles. The van der Waals surface area contributed by atoms with Gasteiger partial charge in [0.15, 0.2) is 12.4 Å². The van der Waals surface area contributed by atoms with Gasteiger partial charge in [0, 0.05) is 6.07 Å². The molecule has 2 aromatic rings. The number of nitrogens with zero attached hydrogens (tertiary/aromatic N) is 1. The number of ether oxygens (including phenoxy) is 2. The molecule has 0 bridgehead atoms. The van der Waals surface area contributed by atoms with Crippen molar-refractivity contribution in [2.24, 2.45) is 0 Å². The van der Waals surface area contributed by atoms with Gasteiger partial charge in [-0.2, -0.15) is 4.57 Å². The van der Waals surface area contributed by atoms with E-state index in [-0.39, 0.29) is 17.9 Å². The first-order valence-corrected chi connectivity index (χ1v) is 6.52. The van der Waals surface area contributed by atoms with E-state index in [0.717, 1.165) is 0 Å². The number of carboxylic acid groups (broad SMARTS) is 1. The van der Waals surface area contributed by atoms with Gasteiger partial charge in [-0.15, -0.1) is 0 Å². The van der Waals surface area contributed by atoms with Crippen LogP contribution in [0.4, 0.5) is 0 Å². The van der Waals surface area contributed by atoms with E-state index >= 15 is 0 Å². The summed E-state index contributed by atoms with van der Waals surface area (Å²) in [6.07, 6.45) is 3.05. The Morgan fingerprint density at radius 1 is 1.18 bits per heavy atom. The van der Waals surface area contributed by atoms with E-state index < -0.39 is 5.97 Å². The molecule has 0 atom stereocenters. The quantitative estimate of drug-likeness (QED) is 0.647. The highest BCUT2D eigenvalue weighted by molar-refractivity contribution is 5.98. The van der Waals surface area contributed by atoms with E-state index in [0.29, 0.717) is 17.1 Å². The first-order valence-electron chi connectivity index (χ1n) is 6.52. The molecule has 0 aliphatic heterocycles. The van der Waals surface area contributed by atoms with Gasteiger partial charge in [-0.05, 0) is 24.3 Å². The molecule has 1 N–H and O–H groups in total. The molecular weight excluding hydrogens is 286 g/mol. The van der Waals surface area contributed by atoms with Gasteiger partial charge in [0.1, 0.15) is 17.1 Å². The molecule has 22 heavy (non-hydrogen) atoms. The van der Waals surface area contributed by atoms with Crippen molar-refractivity contribution in [1.29, 1.82) is 0 Å². The minimum atomic E-state index is -1.04. The summed E-state index contributed by atoms with van der Waals surface area (Å²) in [6.45, 7) is 0.00461. The van der Waals surface area contributed by atoms with Gasteiger partial charge in [-0.1, -0.05) is 0 Å². The zero-order valence-corrected chi connectivity index (χ0v) is 12.3. The largest absolute Gasteiger partial charge is 0.497 e. The molecule has 1 aromatic carbocycles. The molecule has 2 rings (SSSR count). The molecule has 0 unspecified atom stereocenters. The van der Waals surface area contributed by atoms with Crippen LogP contribution < -0.4 is 14.0 Å². The zero-order chi connectivity index (χ0) is 16.1. The van der Waals surface area contributed by atoms with Crippen LogP contribution in [0.5, 0.6) is 11.5 Å². The minimum Gasteiger partial charge on any atom is -0.497 e. The molecule has 0 aliphatic rings. The van der Waals surface area contributed by atoms with Gasteiger partial charge in [0.2, 0.25) is 12.3 Å². The van der Waals surface area contributed by atoms with Crippen LogP contribution in [0.25, 0.3) is 0 Å². The van der Waals surface area contributed by atoms with Gasteiger partial charge >= 0.3 is 5.97 Å². The third-order valence-corrected chi connectivity index (χ3v) is 3.14. The van der Waals surface area contributed by atoms with E-state index in [2.05, 4.69) is 0 Å². The lowest BCUT2D eigenvalue weighted by molar-refractivity contribution is -0.683. The number of carboxylic acids is 1. The fourth-order valence-corrected chi connectivity index (χ4v) is 2.03. The van der Waals surface area contributed by atoms with E-state index in [9.17, 15) is 9.59 Å². The lowest BCUT2D eigenvalue weighted by Gasteiger charge is -2.08. The number of carbonyl (C=O) groups is 2. The molecule has 114 valence electrons. The monoisotopic (exact) mass is 302 g/mol. The average molecular weight is 302 g/mol. The standard InChI is InChI=1S/C16H15NO5/c1-21-12-5-6-15(22-2)13(8-12)14(18)10-17-7-3-4-11(9-17)16(19)20/h3-9H,10H2,1-2H3/p+1. The number of aromatic carboxylic acids is 1. The maximum absolute atomic E-state index is 12.4. The number of rotatable bonds is 6. The first kappa shape index (κ1) is 15.5. The van der Waals surface area contributed by atoms with Crippen LogP contribution in [0.1, 0.15) is 20.7 Å². The fourth-order valence-electron chi connectivity index (χ4n) is 2.03. The summed E-state index contributed by atoms with van der Waals surface area (Å²) in [7, 11) is 3.00. The SMILES string of the molecule is COc1ccc(OC)c(C(=O)C[n+]2cccc(C(=O)O)c2)c1. The Morgan fingerprint density at radius 2 is 1.95 bits per heavy atom.